The van der Waals surface area contributed by atoms with E-state index in [4.69, 9.17) is 32.7 Å². The molecule has 0 bridgehead atoms. The van der Waals surface area contributed by atoms with Crippen molar-refractivity contribution in [3.63, 3.8) is 0 Å². The number of aromatic nitrogens is 6. The maximum absolute atomic E-state index is 12.6. The number of benzene rings is 7. The fourth-order valence-electron chi connectivity index (χ4n) is 8.12. The average molecular weight is 1460 g/mol. The molecule has 0 unspecified atom stereocenters. The Kier molecular flexibility index (Phi) is 21.9. The molecular formula is C46H32Cl2KN14NaO22S6. The Bertz CT molecular complexity index is 4980. The second-order valence-corrected chi connectivity index (χ2v) is 26.7. The van der Waals surface area contributed by atoms with Crippen molar-refractivity contribution in [3.8, 4) is 23.0 Å². The molecule has 36 nitrogen and oxygen atoms in total. The van der Waals surface area contributed by atoms with Crippen LogP contribution in [-0.2, 0) is 60.7 Å². The number of fused-ring (bicyclic) bond motifs is 2. The molecular weight excluding hydrogens is 1430 g/mol. The fraction of sp³-hybridized carbons (Fsp3) is 0.0435. The van der Waals surface area contributed by atoms with Crippen molar-refractivity contribution in [3.05, 3.63) is 108 Å². The number of anilines is 8. The van der Waals surface area contributed by atoms with Gasteiger partial charge in [0.25, 0.3) is 40.5 Å². The number of hydrogen-bond donors (Lipinski definition) is 10. The molecule has 470 valence electrons. The van der Waals surface area contributed by atoms with E-state index in [0.29, 0.717) is 24.3 Å². The number of phenols is 2. The van der Waals surface area contributed by atoms with E-state index in [2.05, 4.69) is 71.6 Å². The zero-order chi connectivity index (χ0) is 65.8. The number of aromatic hydroxyl groups is 2. The summed E-state index contributed by atoms with van der Waals surface area (Å²) in [6.07, 6.45) is 0. The molecule has 46 heteroatoms. The zero-order valence-corrected chi connectivity index (χ0v) is 57.7. The van der Waals surface area contributed by atoms with Crippen LogP contribution in [0.25, 0.3) is 21.5 Å². The number of hydrogen-bond acceptors (Lipinski definition) is 32. The summed E-state index contributed by atoms with van der Waals surface area (Å²) in [7, 11) is -29.2. The molecule has 7 aromatic carbocycles. The number of nitrogens with zero attached hydrogens (tertiary/aromatic N) is 10. The van der Waals surface area contributed by atoms with Crippen LogP contribution in [0.5, 0.6) is 23.0 Å². The standard InChI is InChI=1S/C46H34Cl2N14O22S6.K.Na/c1-83-29-9-7-23(15-31(29)87(71,72)73)59-61-37-33(89(77,78)79)13-19-11-25(85(65,66)67)17-27(35(19)39(37)63)51-45-55-41(47)53-43(57-45)49-21-3-5-22(6-4-21)50-44-54-42(48)56-46(58-44)52-28-18-26(86(68,69)70)12-20-14-34(90(80,81)82)38(40(64)36(20)28)62-60-24-8-10-30(84-2)32(16-24)88(74,75)76;;/h3-18,63-64H,1-2H3,(H,65,66,67)(H,68,69,70)(H,71,72,73)(H,74,75,76)(H,77,78,79)(H,80,81,82)(H2,49,51,53,55,57)(H2,50,52,54,56,58);;/q;2*+1/p-2. The number of ether oxygens (including phenoxy) is 2. The molecule has 9 rings (SSSR count). The second-order valence-electron chi connectivity index (χ2n) is 17.7. The van der Waals surface area contributed by atoms with Crippen molar-refractivity contribution in [2.75, 3.05) is 35.5 Å². The third kappa shape index (κ3) is 16.8. The molecule has 2 heterocycles. The van der Waals surface area contributed by atoms with Gasteiger partial charge in [0.1, 0.15) is 52.9 Å². The van der Waals surface area contributed by atoms with Crippen LogP contribution in [0, 0.1) is 0 Å². The molecule has 0 atom stereocenters. The average Bonchev–Trinajstić information content (AvgIpc) is 0.759. The van der Waals surface area contributed by atoms with Crippen LogP contribution in [0.2, 0.25) is 10.6 Å². The molecule has 9 aromatic rings. The van der Waals surface area contributed by atoms with E-state index < -0.39 is 168 Å². The van der Waals surface area contributed by atoms with Gasteiger partial charge in [-0.2, -0.15) is 73.8 Å². The van der Waals surface area contributed by atoms with Crippen molar-refractivity contribution in [2.24, 2.45) is 20.5 Å². The first-order valence-electron chi connectivity index (χ1n) is 23.6. The van der Waals surface area contributed by atoms with Crippen molar-refractivity contribution in [2.45, 2.75) is 29.4 Å². The second kappa shape index (κ2) is 27.7. The zero-order valence-electron chi connectivity index (χ0n) is 46.1. The van der Waals surface area contributed by atoms with Gasteiger partial charge in [-0.25, -0.2) is 16.8 Å². The molecule has 0 fully saturated rings. The number of phenolic OH excluding ortho intramolecular Hbond substituents is 2. The summed E-state index contributed by atoms with van der Waals surface area (Å²) >= 11 is 12.5. The van der Waals surface area contributed by atoms with Gasteiger partial charge in [0, 0.05) is 22.1 Å². The molecule has 2 aromatic heterocycles. The van der Waals surface area contributed by atoms with Crippen molar-refractivity contribution in [1.82, 2.24) is 29.9 Å². The van der Waals surface area contributed by atoms with Crippen molar-refractivity contribution in [1.29, 1.82) is 0 Å². The van der Waals surface area contributed by atoms with Crippen LogP contribution in [-0.4, -0.2) is 132 Å². The van der Waals surface area contributed by atoms with Crippen LogP contribution in [0.4, 0.5) is 69.3 Å². The Balaban J connectivity index is 0.00000600. The maximum Gasteiger partial charge on any atom is 1.00 e. The molecule has 10 N–H and O–H groups in total. The van der Waals surface area contributed by atoms with E-state index in [1.54, 1.807) is 0 Å². The van der Waals surface area contributed by atoms with E-state index in [1.807, 2.05) is 0 Å². The molecule has 0 aliphatic rings. The summed E-state index contributed by atoms with van der Waals surface area (Å²) in [4.78, 5) is 18.3. The number of azo groups is 2. The van der Waals surface area contributed by atoms with Gasteiger partial charge in [-0.1, -0.05) is 0 Å². The van der Waals surface area contributed by atoms with Crippen molar-refractivity contribution >= 4 is 175 Å². The Morgan fingerprint density at radius 1 is 0.435 bits per heavy atom. The third-order valence-corrected chi connectivity index (χ3v) is 17.3. The van der Waals surface area contributed by atoms with Crippen LogP contribution in [0.3, 0.4) is 0 Å². The molecule has 0 radical (unpaired) electrons. The molecule has 0 aliphatic carbocycles. The van der Waals surface area contributed by atoms with E-state index in [0.717, 1.165) is 62.8 Å². The van der Waals surface area contributed by atoms with Crippen LogP contribution < -0.4 is 112 Å². The predicted molar refractivity (Wildman–Crippen MR) is 310 cm³/mol. The minimum atomic E-state index is -5.62. The minimum absolute atomic E-state index is 0. The van der Waals surface area contributed by atoms with E-state index in [1.165, 1.54) is 24.3 Å². The van der Waals surface area contributed by atoms with Gasteiger partial charge in [-0.15, -0.1) is 10.2 Å². The van der Waals surface area contributed by atoms with Gasteiger partial charge in [0.15, 0.2) is 11.5 Å². The molecule has 0 aliphatic heterocycles. The number of nitrogens with one attached hydrogen (secondary N) is 4. The normalized spacial score (nSPS) is 12.4. The first-order chi connectivity index (χ1) is 41.9. The molecule has 0 spiro atoms. The number of rotatable bonds is 20. The fourth-order valence-corrected chi connectivity index (χ4v) is 12.2. The van der Waals surface area contributed by atoms with E-state index in [9.17, 15) is 88.0 Å². The Morgan fingerprint density at radius 3 is 1.05 bits per heavy atom. The van der Waals surface area contributed by atoms with Gasteiger partial charge in [0.2, 0.25) is 34.4 Å². The van der Waals surface area contributed by atoms with E-state index in [-0.39, 0.29) is 127 Å². The largest absolute Gasteiger partial charge is 1.00 e. The molecule has 0 saturated heterocycles. The summed E-state index contributed by atoms with van der Waals surface area (Å²) in [6, 6.07) is 15.5. The Labute approximate surface area is 592 Å². The Morgan fingerprint density at radius 2 is 0.761 bits per heavy atom. The molecule has 0 saturated carbocycles. The summed E-state index contributed by atoms with van der Waals surface area (Å²) in [5, 5.41) is 45.8. The van der Waals surface area contributed by atoms with E-state index >= 15 is 0 Å². The summed E-state index contributed by atoms with van der Waals surface area (Å²) in [5.41, 5.74) is -3.46. The number of halogens is 2. The summed E-state index contributed by atoms with van der Waals surface area (Å²) < 4.78 is 223. The van der Waals surface area contributed by atoms with Gasteiger partial charge >= 0.3 is 80.9 Å². The monoisotopic (exact) mass is 1460 g/mol. The third-order valence-electron chi connectivity index (χ3n) is 11.9. The first-order valence-corrected chi connectivity index (χ1v) is 32.9. The van der Waals surface area contributed by atoms with Crippen molar-refractivity contribution < 1.29 is 178 Å². The smallest absolute Gasteiger partial charge is 0.744 e. The van der Waals surface area contributed by atoms with Gasteiger partial charge in [0.05, 0.1) is 56.6 Å². The number of methoxy groups -OCH3 is 2. The van der Waals surface area contributed by atoms with Crippen LogP contribution >= 0.6 is 23.2 Å². The molecule has 92 heavy (non-hydrogen) atoms. The van der Waals surface area contributed by atoms with Gasteiger partial charge in [-0.05, 0) is 131 Å². The summed E-state index contributed by atoms with van der Waals surface area (Å²) in [5.74, 6) is -4.64. The van der Waals surface area contributed by atoms with Crippen LogP contribution in [0.1, 0.15) is 0 Å². The van der Waals surface area contributed by atoms with Crippen LogP contribution in [0.15, 0.2) is 147 Å². The topological polar surface area (TPSA) is 566 Å². The SMILES string of the molecule is COc1ccc(N=Nc2c(S(=O)(=O)[O-])cc3cc(S(=O)(=O)O)cc(Nc4nc(Cl)nc(Nc5ccc(Nc6nc(Cl)nc(Nc7cc(S(=O)(=O)O)cc8cc(S(=O)(=O)[O-])c(N=Nc9ccc(OC)c(S(=O)(=O)O)c9)c(O)c78)n6)cc5)n4)c3c2O)cc1S(=O)(=O)O.[K+].[Na+]. The quantitative estimate of drug-likeness (QED) is 0.0295. The Hall–Kier alpha value is -6.64. The van der Waals surface area contributed by atoms with Gasteiger partial charge < -0.3 is 50.1 Å². The first kappa shape index (κ1) is 72.8. The van der Waals surface area contributed by atoms with Gasteiger partial charge in [-0.3, -0.25) is 18.2 Å². The summed E-state index contributed by atoms with van der Waals surface area (Å²) in [6.45, 7) is 0. The minimum Gasteiger partial charge on any atom is -0.744 e. The predicted octanol–water partition coefficient (Wildman–Crippen LogP) is 1.71. The molecule has 0 amide bonds. The maximum atomic E-state index is 12.6.